The lowest BCUT2D eigenvalue weighted by atomic mass is 9.95. The summed E-state index contributed by atoms with van der Waals surface area (Å²) in [6.07, 6.45) is 3.05. The zero-order valence-corrected chi connectivity index (χ0v) is 16.2. The van der Waals surface area contributed by atoms with Crippen LogP contribution in [0.2, 0.25) is 0 Å². The van der Waals surface area contributed by atoms with Crippen LogP contribution in [-0.2, 0) is 9.59 Å². The third-order valence-electron chi connectivity index (χ3n) is 4.62. The standard InChI is InChI=1S/C22H15BrN2O3/c23-16-6-8-17(9-7-16)25-19(14-4-2-1-3-5-14)18(21(27)22(25)28)20(26)15-10-12-24-13-11-15/h1-13,19,26H/b20-18-. The van der Waals surface area contributed by atoms with Gasteiger partial charge in [-0.1, -0.05) is 46.3 Å². The number of Topliss-reactive ketones (excluding diaryl/α,β-unsaturated/α-hetero) is 1. The molecule has 28 heavy (non-hydrogen) atoms. The maximum Gasteiger partial charge on any atom is 0.300 e. The van der Waals surface area contributed by atoms with E-state index in [1.807, 2.05) is 30.3 Å². The summed E-state index contributed by atoms with van der Waals surface area (Å²) < 4.78 is 0.862. The number of benzene rings is 2. The molecule has 1 unspecified atom stereocenters. The molecule has 1 aliphatic rings. The third kappa shape index (κ3) is 3.12. The van der Waals surface area contributed by atoms with E-state index >= 15 is 0 Å². The van der Waals surface area contributed by atoms with Crippen LogP contribution in [0.4, 0.5) is 5.69 Å². The molecule has 0 spiro atoms. The first-order valence-corrected chi connectivity index (χ1v) is 9.39. The van der Waals surface area contributed by atoms with Crippen LogP contribution in [0.1, 0.15) is 17.2 Å². The van der Waals surface area contributed by atoms with E-state index in [0.29, 0.717) is 11.3 Å². The molecule has 2 heterocycles. The van der Waals surface area contributed by atoms with Gasteiger partial charge in [0.1, 0.15) is 5.76 Å². The third-order valence-corrected chi connectivity index (χ3v) is 5.15. The van der Waals surface area contributed by atoms with Crippen molar-refractivity contribution in [3.63, 3.8) is 0 Å². The van der Waals surface area contributed by atoms with Gasteiger partial charge >= 0.3 is 0 Å². The number of hydrogen-bond donors (Lipinski definition) is 1. The maximum atomic E-state index is 12.9. The van der Waals surface area contributed by atoms with Gasteiger partial charge in [0.2, 0.25) is 0 Å². The van der Waals surface area contributed by atoms with E-state index < -0.39 is 17.7 Å². The lowest BCUT2D eigenvalue weighted by molar-refractivity contribution is -0.132. The van der Waals surface area contributed by atoms with Crippen molar-refractivity contribution in [3.05, 3.63) is 100 Å². The Morgan fingerprint density at radius 2 is 1.57 bits per heavy atom. The van der Waals surface area contributed by atoms with Gasteiger partial charge in [-0.2, -0.15) is 0 Å². The molecule has 0 saturated carbocycles. The van der Waals surface area contributed by atoms with Gasteiger partial charge in [0.15, 0.2) is 0 Å². The summed E-state index contributed by atoms with van der Waals surface area (Å²) in [5, 5.41) is 10.9. The van der Waals surface area contributed by atoms with Gasteiger partial charge in [0.25, 0.3) is 11.7 Å². The topological polar surface area (TPSA) is 70.5 Å². The molecular weight excluding hydrogens is 420 g/mol. The summed E-state index contributed by atoms with van der Waals surface area (Å²) >= 11 is 3.38. The van der Waals surface area contributed by atoms with Crippen molar-refractivity contribution < 1.29 is 14.7 Å². The number of aromatic nitrogens is 1. The maximum absolute atomic E-state index is 12.9. The van der Waals surface area contributed by atoms with Crippen molar-refractivity contribution in [2.24, 2.45) is 0 Å². The van der Waals surface area contributed by atoms with Crippen LogP contribution < -0.4 is 4.90 Å². The number of ketones is 1. The molecule has 2 aromatic carbocycles. The predicted octanol–water partition coefficient (Wildman–Crippen LogP) is 4.47. The molecule has 6 heteroatoms. The van der Waals surface area contributed by atoms with E-state index in [1.54, 1.807) is 36.4 Å². The SMILES string of the molecule is O=C1C(=O)N(c2ccc(Br)cc2)C(c2ccccc2)/C1=C(/O)c1ccncc1. The Morgan fingerprint density at radius 3 is 2.21 bits per heavy atom. The van der Waals surface area contributed by atoms with E-state index in [4.69, 9.17) is 0 Å². The zero-order chi connectivity index (χ0) is 19.7. The number of halogens is 1. The fourth-order valence-electron chi connectivity index (χ4n) is 3.32. The molecule has 1 aromatic heterocycles. The molecule has 1 N–H and O–H groups in total. The molecule has 1 saturated heterocycles. The molecule has 1 atom stereocenters. The summed E-state index contributed by atoms with van der Waals surface area (Å²) in [5.41, 5.74) is 1.81. The molecule has 1 amide bonds. The monoisotopic (exact) mass is 434 g/mol. The van der Waals surface area contributed by atoms with Crippen LogP contribution >= 0.6 is 15.9 Å². The van der Waals surface area contributed by atoms with Crippen LogP contribution in [-0.4, -0.2) is 21.8 Å². The van der Waals surface area contributed by atoms with Gasteiger partial charge in [-0.05, 0) is 42.0 Å². The van der Waals surface area contributed by atoms with E-state index in [-0.39, 0.29) is 11.3 Å². The minimum absolute atomic E-state index is 0.0605. The summed E-state index contributed by atoms with van der Waals surface area (Å²) in [6, 6.07) is 18.8. The van der Waals surface area contributed by atoms with Crippen molar-refractivity contribution in [1.82, 2.24) is 4.98 Å². The number of carbonyl (C=O) groups is 2. The Morgan fingerprint density at radius 1 is 0.929 bits per heavy atom. The highest BCUT2D eigenvalue weighted by molar-refractivity contribution is 9.10. The number of anilines is 1. The van der Waals surface area contributed by atoms with Gasteiger partial charge in [0, 0.05) is 28.1 Å². The number of pyridine rings is 1. The van der Waals surface area contributed by atoms with Crippen LogP contribution in [0.5, 0.6) is 0 Å². The molecule has 0 bridgehead atoms. The summed E-state index contributed by atoms with van der Waals surface area (Å²) in [4.78, 5) is 31.2. The van der Waals surface area contributed by atoms with Gasteiger partial charge in [0.05, 0.1) is 11.6 Å². The number of rotatable bonds is 3. The lowest BCUT2D eigenvalue weighted by Crippen LogP contribution is -2.29. The van der Waals surface area contributed by atoms with Crippen LogP contribution in [0.15, 0.2) is 89.2 Å². The Kier molecular flexibility index (Phi) is 4.79. The second-order valence-corrected chi connectivity index (χ2v) is 7.21. The minimum Gasteiger partial charge on any atom is -0.507 e. The fraction of sp³-hybridized carbons (Fsp3) is 0.0455. The van der Waals surface area contributed by atoms with Gasteiger partial charge in [-0.25, -0.2) is 0 Å². The van der Waals surface area contributed by atoms with Crippen molar-refractivity contribution in [3.8, 4) is 0 Å². The largest absolute Gasteiger partial charge is 0.507 e. The molecule has 5 nitrogen and oxygen atoms in total. The second-order valence-electron chi connectivity index (χ2n) is 6.29. The normalized spacial score (nSPS) is 18.5. The molecule has 0 radical (unpaired) electrons. The fourth-order valence-corrected chi connectivity index (χ4v) is 3.58. The zero-order valence-electron chi connectivity index (χ0n) is 14.6. The number of carbonyl (C=O) groups excluding carboxylic acids is 2. The van der Waals surface area contributed by atoms with Crippen molar-refractivity contribution >= 4 is 39.1 Å². The Hall–Kier alpha value is -3.25. The molecule has 1 aliphatic heterocycles. The molecular formula is C22H15BrN2O3. The summed E-state index contributed by atoms with van der Waals surface area (Å²) in [7, 11) is 0. The van der Waals surface area contributed by atoms with E-state index in [9.17, 15) is 14.7 Å². The van der Waals surface area contributed by atoms with E-state index in [2.05, 4.69) is 20.9 Å². The van der Waals surface area contributed by atoms with Crippen LogP contribution in [0.25, 0.3) is 5.76 Å². The predicted molar refractivity (Wildman–Crippen MR) is 110 cm³/mol. The average Bonchev–Trinajstić information content (AvgIpc) is 3.00. The quantitative estimate of drug-likeness (QED) is 0.375. The summed E-state index contributed by atoms with van der Waals surface area (Å²) in [6.45, 7) is 0. The van der Waals surface area contributed by atoms with Crippen LogP contribution in [0, 0.1) is 0 Å². The molecule has 1 fully saturated rings. The highest BCUT2D eigenvalue weighted by atomic mass is 79.9. The summed E-state index contributed by atoms with van der Waals surface area (Å²) in [5.74, 6) is -1.60. The van der Waals surface area contributed by atoms with Gasteiger partial charge < -0.3 is 5.11 Å². The average molecular weight is 435 g/mol. The van der Waals surface area contributed by atoms with Crippen molar-refractivity contribution in [2.75, 3.05) is 4.90 Å². The first-order chi connectivity index (χ1) is 13.6. The van der Waals surface area contributed by atoms with Crippen molar-refractivity contribution in [2.45, 2.75) is 6.04 Å². The molecule has 138 valence electrons. The van der Waals surface area contributed by atoms with Gasteiger partial charge in [-0.3, -0.25) is 19.5 Å². The number of nitrogens with zero attached hydrogens (tertiary/aromatic N) is 2. The Balaban J connectivity index is 1.94. The highest BCUT2D eigenvalue weighted by Crippen LogP contribution is 2.42. The van der Waals surface area contributed by atoms with E-state index in [0.717, 1.165) is 10.0 Å². The number of aliphatic hydroxyl groups is 1. The first kappa shape index (κ1) is 18.1. The number of amides is 1. The number of aliphatic hydroxyl groups excluding tert-OH is 1. The lowest BCUT2D eigenvalue weighted by Gasteiger charge is -2.25. The highest BCUT2D eigenvalue weighted by Gasteiger charge is 2.46. The second kappa shape index (κ2) is 7.40. The molecule has 4 rings (SSSR count). The molecule has 0 aliphatic carbocycles. The Bertz CT molecular complexity index is 1060. The molecule has 3 aromatic rings. The Labute approximate surface area is 170 Å². The van der Waals surface area contributed by atoms with Crippen LogP contribution in [0.3, 0.4) is 0 Å². The van der Waals surface area contributed by atoms with Crippen molar-refractivity contribution in [1.29, 1.82) is 0 Å². The van der Waals surface area contributed by atoms with Gasteiger partial charge in [-0.15, -0.1) is 0 Å². The number of hydrogen-bond acceptors (Lipinski definition) is 4. The minimum atomic E-state index is -0.726. The van der Waals surface area contributed by atoms with E-state index in [1.165, 1.54) is 17.3 Å². The first-order valence-electron chi connectivity index (χ1n) is 8.60. The smallest absolute Gasteiger partial charge is 0.300 e.